The van der Waals surface area contributed by atoms with E-state index < -0.39 is 23.2 Å². The number of alkyl halides is 3. The Balaban J connectivity index is 3.25. The van der Waals surface area contributed by atoms with E-state index in [1.807, 2.05) is 0 Å². The molecule has 0 fully saturated rings. The predicted molar refractivity (Wildman–Crippen MR) is 59.5 cm³/mol. The van der Waals surface area contributed by atoms with Crippen LogP contribution >= 0.6 is 0 Å². The van der Waals surface area contributed by atoms with Crippen molar-refractivity contribution >= 4 is 0 Å². The zero-order chi connectivity index (χ0) is 13.4. The zero-order valence-electron chi connectivity index (χ0n) is 9.97. The summed E-state index contributed by atoms with van der Waals surface area (Å²) in [6.45, 7) is 5.41. The highest BCUT2D eigenvalue weighted by atomic mass is 19.4. The van der Waals surface area contributed by atoms with Crippen LogP contribution in [0.25, 0.3) is 0 Å². The summed E-state index contributed by atoms with van der Waals surface area (Å²) < 4.78 is 37.6. The van der Waals surface area contributed by atoms with Crippen molar-refractivity contribution in [3.05, 3.63) is 29.3 Å². The Morgan fingerprint density at radius 3 is 2.12 bits per heavy atom. The fourth-order valence-electron chi connectivity index (χ4n) is 1.45. The predicted octanol–water partition coefficient (Wildman–Crippen LogP) is 3.46. The smallest absolute Gasteiger partial charge is 0.416 e. The standard InChI is InChI=1S/C12H16F3NO/c1-11(2,3)10(16)8-6-7(12(13,14)15)4-5-9(8)17/h4-6,10,17H,16H2,1-3H3/t10-/m0/s1. The average molecular weight is 247 g/mol. The molecule has 0 aromatic heterocycles. The van der Waals surface area contributed by atoms with E-state index >= 15 is 0 Å². The maximum Gasteiger partial charge on any atom is 0.416 e. The third-order valence-electron chi connectivity index (χ3n) is 2.62. The minimum atomic E-state index is -4.43. The lowest BCUT2D eigenvalue weighted by Crippen LogP contribution is -2.26. The van der Waals surface area contributed by atoms with Crippen LogP contribution < -0.4 is 5.73 Å². The molecular formula is C12H16F3NO. The van der Waals surface area contributed by atoms with Crippen LogP contribution in [-0.4, -0.2) is 5.11 Å². The van der Waals surface area contributed by atoms with Gasteiger partial charge in [-0.3, -0.25) is 0 Å². The molecule has 0 aliphatic heterocycles. The Kier molecular flexibility index (Phi) is 3.43. The van der Waals surface area contributed by atoms with Crippen molar-refractivity contribution in [3.63, 3.8) is 0 Å². The third-order valence-corrected chi connectivity index (χ3v) is 2.62. The largest absolute Gasteiger partial charge is 0.508 e. The molecule has 0 unspecified atom stereocenters. The molecule has 5 heteroatoms. The molecule has 0 saturated carbocycles. The molecule has 0 bridgehead atoms. The molecule has 96 valence electrons. The molecule has 3 N–H and O–H groups in total. The summed E-state index contributed by atoms with van der Waals surface area (Å²) >= 11 is 0. The molecule has 17 heavy (non-hydrogen) atoms. The Morgan fingerprint density at radius 1 is 1.18 bits per heavy atom. The van der Waals surface area contributed by atoms with Gasteiger partial charge in [0, 0.05) is 11.6 Å². The molecule has 1 rings (SSSR count). The zero-order valence-corrected chi connectivity index (χ0v) is 9.97. The van der Waals surface area contributed by atoms with Gasteiger partial charge in [-0.05, 0) is 23.6 Å². The van der Waals surface area contributed by atoms with E-state index in [2.05, 4.69) is 0 Å². The number of phenols is 1. The number of hydrogen-bond donors (Lipinski definition) is 2. The summed E-state index contributed by atoms with van der Waals surface area (Å²) in [5, 5.41) is 9.59. The van der Waals surface area contributed by atoms with Crippen LogP contribution in [0.3, 0.4) is 0 Å². The van der Waals surface area contributed by atoms with Gasteiger partial charge in [-0.25, -0.2) is 0 Å². The van der Waals surface area contributed by atoms with Crippen LogP contribution in [-0.2, 0) is 6.18 Å². The fraction of sp³-hybridized carbons (Fsp3) is 0.500. The van der Waals surface area contributed by atoms with Gasteiger partial charge in [-0.1, -0.05) is 20.8 Å². The third kappa shape index (κ3) is 3.12. The van der Waals surface area contributed by atoms with E-state index in [1.165, 1.54) is 0 Å². The molecule has 0 radical (unpaired) electrons. The van der Waals surface area contributed by atoms with Crippen molar-refractivity contribution in [1.29, 1.82) is 0 Å². The van der Waals surface area contributed by atoms with Crippen molar-refractivity contribution < 1.29 is 18.3 Å². The van der Waals surface area contributed by atoms with Gasteiger partial charge in [0.1, 0.15) is 5.75 Å². The second-order valence-electron chi connectivity index (χ2n) is 5.12. The first kappa shape index (κ1) is 13.8. The molecule has 2 nitrogen and oxygen atoms in total. The molecule has 0 heterocycles. The molecule has 0 amide bonds. The summed E-state index contributed by atoms with van der Waals surface area (Å²) in [7, 11) is 0. The van der Waals surface area contributed by atoms with E-state index in [0.717, 1.165) is 18.2 Å². The first-order valence-corrected chi connectivity index (χ1v) is 5.19. The van der Waals surface area contributed by atoms with Gasteiger partial charge >= 0.3 is 6.18 Å². The van der Waals surface area contributed by atoms with Crippen LogP contribution in [0.4, 0.5) is 13.2 Å². The van der Waals surface area contributed by atoms with E-state index in [4.69, 9.17) is 5.73 Å². The van der Waals surface area contributed by atoms with Crippen LogP contribution in [0.5, 0.6) is 5.75 Å². The van der Waals surface area contributed by atoms with Crippen LogP contribution in [0.2, 0.25) is 0 Å². The lowest BCUT2D eigenvalue weighted by Gasteiger charge is -2.28. The van der Waals surface area contributed by atoms with Crippen molar-refractivity contribution in [3.8, 4) is 5.75 Å². The summed E-state index contributed by atoms with van der Waals surface area (Å²) in [5.74, 6) is -0.208. The number of aromatic hydroxyl groups is 1. The average Bonchev–Trinajstić information content (AvgIpc) is 2.14. The maximum atomic E-state index is 12.5. The molecule has 1 aromatic rings. The SMILES string of the molecule is CC(C)(C)[C@@H](N)c1cc(C(F)(F)F)ccc1O. The van der Waals surface area contributed by atoms with Crippen LogP contribution in [0.15, 0.2) is 18.2 Å². The minimum Gasteiger partial charge on any atom is -0.508 e. The number of phenolic OH excluding ortho intramolecular Hbond substituents is 1. The lowest BCUT2D eigenvalue weighted by atomic mass is 9.82. The van der Waals surface area contributed by atoms with Crippen molar-refractivity contribution in [2.24, 2.45) is 11.1 Å². The quantitative estimate of drug-likeness (QED) is 0.798. The summed E-state index contributed by atoms with van der Waals surface area (Å²) in [6.07, 6.45) is -4.43. The van der Waals surface area contributed by atoms with Crippen LogP contribution in [0, 0.1) is 5.41 Å². The summed E-state index contributed by atoms with van der Waals surface area (Å²) in [4.78, 5) is 0. The topological polar surface area (TPSA) is 46.2 Å². The highest BCUT2D eigenvalue weighted by molar-refractivity contribution is 5.40. The first-order valence-electron chi connectivity index (χ1n) is 5.19. The number of benzene rings is 1. The van der Waals surface area contributed by atoms with Gasteiger partial charge in [-0.15, -0.1) is 0 Å². The fourth-order valence-corrected chi connectivity index (χ4v) is 1.45. The van der Waals surface area contributed by atoms with Gasteiger partial charge in [0.15, 0.2) is 0 Å². The van der Waals surface area contributed by atoms with E-state index in [1.54, 1.807) is 20.8 Å². The molecule has 1 aromatic carbocycles. The maximum absolute atomic E-state index is 12.5. The summed E-state index contributed by atoms with van der Waals surface area (Å²) in [5.41, 5.74) is 4.75. The van der Waals surface area contributed by atoms with E-state index in [-0.39, 0.29) is 11.3 Å². The van der Waals surface area contributed by atoms with Gasteiger partial charge < -0.3 is 10.8 Å². The normalized spacial score (nSPS) is 14.8. The number of hydrogen-bond acceptors (Lipinski definition) is 2. The minimum absolute atomic E-state index is 0.118. The van der Waals surface area contributed by atoms with Crippen LogP contribution in [0.1, 0.15) is 37.9 Å². The van der Waals surface area contributed by atoms with E-state index in [9.17, 15) is 18.3 Å². The molecule has 0 aliphatic carbocycles. The van der Waals surface area contributed by atoms with Gasteiger partial charge in [0.05, 0.1) is 5.56 Å². The first-order chi connectivity index (χ1) is 7.53. The second-order valence-corrected chi connectivity index (χ2v) is 5.12. The monoisotopic (exact) mass is 247 g/mol. The Morgan fingerprint density at radius 2 is 1.71 bits per heavy atom. The van der Waals surface area contributed by atoms with Gasteiger partial charge in [-0.2, -0.15) is 13.2 Å². The molecule has 0 saturated heterocycles. The van der Waals surface area contributed by atoms with Crippen molar-refractivity contribution in [2.75, 3.05) is 0 Å². The molecule has 0 aliphatic rings. The highest BCUT2D eigenvalue weighted by Gasteiger charge is 2.33. The van der Waals surface area contributed by atoms with Gasteiger partial charge in [0.2, 0.25) is 0 Å². The lowest BCUT2D eigenvalue weighted by molar-refractivity contribution is -0.137. The van der Waals surface area contributed by atoms with E-state index in [0.29, 0.717) is 0 Å². The molecule has 1 atom stereocenters. The Labute approximate surface area is 98.3 Å². The van der Waals surface area contributed by atoms with Gasteiger partial charge in [0.25, 0.3) is 0 Å². The second kappa shape index (κ2) is 4.22. The number of nitrogens with two attached hydrogens (primary N) is 1. The number of halogens is 3. The van der Waals surface area contributed by atoms with Crippen molar-refractivity contribution in [2.45, 2.75) is 33.0 Å². The number of rotatable bonds is 1. The van der Waals surface area contributed by atoms with Crippen molar-refractivity contribution in [1.82, 2.24) is 0 Å². The Bertz CT molecular complexity index is 407. The molecule has 0 spiro atoms. The Hall–Kier alpha value is -1.23. The molecular weight excluding hydrogens is 231 g/mol. The summed E-state index contributed by atoms with van der Waals surface area (Å²) in [6, 6.07) is 2.12. The highest BCUT2D eigenvalue weighted by Crippen LogP contribution is 2.38.